The Hall–Kier alpha value is -2.35. The maximum Gasteiger partial charge on any atom is 0.350 e. The van der Waals surface area contributed by atoms with Crippen molar-refractivity contribution in [3.63, 3.8) is 0 Å². The molecule has 0 amide bonds. The number of esters is 1. The number of hydrogen-bond acceptors (Lipinski definition) is 5. The summed E-state index contributed by atoms with van der Waals surface area (Å²) in [4.78, 5) is 15.4. The van der Waals surface area contributed by atoms with Crippen LogP contribution in [0.1, 0.15) is 12.6 Å². The fourth-order valence-electron chi connectivity index (χ4n) is 1.05. The predicted octanol–water partition coefficient (Wildman–Crippen LogP) is 1.77. The predicted molar refractivity (Wildman–Crippen MR) is 62.9 cm³/mol. The molecule has 0 bridgehead atoms. The van der Waals surface area contributed by atoms with Gasteiger partial charge in [0.15, 0.2) is 5.57 Å². The van der Waals surface area contributed by atoms with E-state index in [1.54, 1.807) is 25.3 Å². The fourth-order valence-corrected chi connectivity index (χ4v) is 1.05. The zero-order chi connectivity index (χ0) is 12.7. The van der Waals surface area contributed by atoms with Gasteiger partial charge in [0.2, 0.25) is 0 Å². The summed E-state index contributed by atoms with van der Waals surface area (Å²) in [7, 11) is 0. The number of hydrogen-bond donors (Lipinski definition) is 1. The van der Waals surface area contributed by atoms with Crippen LogP contribution in [-0.2, 0) is 9.53 Å². The summed E-state index contributed by atoms with van der Waals surface area (Å²) in [6, 6.07) is 5.40. The molecule has 0 aromatic carbocycles. The first-order valence-electron chi connectivity index (χ1n) is 5.14. The van der Waals surface area contributed by atoms with Crippen molar-refractivity contribution in [2.24, 2.45) is 0 Å². The molecule has 1 N–H and O–H groups in total. The van der Waals surface area contributed by atoms with Crippen LogP contribution in [0.15, 0.2) is 30.1 Å². The molecule has 0 fully saturated rings. The molecule has 0 aliphatic rings. The SMILES string of the molecule is CCOC(=O)C(C#N)=CNc1ccc(C)nc1. The maximum absolute atomic E-state index is 11.3. The van der Waals surface area contributed by atoms with E-state index < -0.39 is 5.97 Å². The molecular weight excluding hydrogens is 218 g/mol. The lowest BCUT2D eigenvalue weighted by Crippen LogP contribution is -2.07. The van der Waals surface area contributed by atoms with Crippen molar-refractivity contribution >= 4 is 11.7 Å². The average Bonchev–Trinajstić information content (AvgIpc) is 2.32. The second kappa shape index (κ2) is 6.28. The van der Waals surface area contributed by atoms with Crippen LogP contribution in [0.3, 0.4) is 0 Å². The summed E-state index contributed by atoms with van der Waals surface area (Å²) in [5, 5.41) is 11.6. The number of aromatic nitrogens is 1. The Morgan fingerprint density at radius 1 is 1.65 bits per heavy atom. The van der Waals surface area contributed by atoms with E-state index in [4.69, 9.17) is 10.00 Å². The Kier molecular flexibility index (Phi) is 4.70. The molecule has 88 valence electrons. The molecule has 0 spiro atoms. The van der Waals surface area contributed by atoms with Gasteiger partial charge < -0.3 is 10.1 Å². The minimum atomic E-state index is -0.637. The lowest BCUT2D eigenvalue weighted by molar-refractivity contribution is -0.138. The average molecular weight is 231 g/mol. The first kappa shape index (κ1) is 12.7. The third-order valence-electron chi connectivity index (χ3n) is 1.91. The van der Waals surface area contributed by atoms with Crippen molar-refractivity contribution in [1.29, 1.82) is 5.26 Å². The van der Waals surface area contributed by atoms with E-state index >= 15 is 0 Å². The van der Waals surface area contributed by atoms with Gasteiger partial charge in [-0.3, -0.25) is 4.98 Å². The number of nitriles is 1. The van der Waals surface area contributed by atoms with E-state index in [0.29, 0.717) is 5.69 Å². The number of nitrogens with one attached hydrogen (secondary N) is 1. The Bertz CT molecular complexity index is 458. The van der Waals surface area contributed by atoms with Crippen LogP contribution in [-0.4, -0.2) is 17.6 Å². The van der Waals surface area contributed by atoms with Gasteiger partial charge in [-0.05, 0) is 26.0 Å². The number of aryl methyl sites for hydroxylation is 1. The van der Waals surface area contributed by atoms with Gasteiger partial charge in [-0.1, -0.05) is 0 Å². The van der Waals surface area contributed by atoms with Gasteiger partial charge in [0.25, 0.3) is 0 Å². The second-order valence-corrected chi connectivity index (χ2v) is 3.22. The summed E-state index contributed by atoms with van der Waals surface area (Å²) < 4.78 is 4.72. The molecule has 17 heavy (non-hydrogen) atoms. The highest BCUT2D eigenvalue weighted by atomic mass is 16.5. The molecule has 1 rings (SSSR count). The van der Waals surface area contributed by atoms with Gasteiger partial charge in [-0.25, -0.2) is 4.79 Å². The highest BCUT2D eigenvalue weighted by Gasteiger charge is 2.08. The maximum atomic E-state index is 11.3. The molecule has 5 nitrogen and oxygen atoms in total. The molecule has 1 heterocycles. The summed E-state index contributed by atoms with van der Waals surface area (Å²) >= 11 is 0. The molecule has 0 saturated heterocycles. The number of carbonyl (C=O) groups is 1. The van der Waals surface area contributed by atoms with Crippen LogP contribution in [0, 0.1) is 18.3 Å². The molecule has 5 heteroatoms. The minimum absolute atomic E-state index is 0.0765. The van der Waals surface area contributed by atoms with Gasteiger partial charge in [-0.15, -0.1) is 0 Å². The van der Waals surface area contributed by atoms with Crippen molar-refractivity contribution in [3.05, 3.63) is 35.8 Å². The molecule has 0 radical (unpaired) electrons. The van der Waals surface area contributed by atoms with Crippen molar-refractivity contribution in [2.45, 2.75) is 13.8 Å². The smallest absolute Gasteiger partial charge is 0.350 e. The lowest BCUT2D eigenvalue weighted by atomic mass is 10.3. The number of pyridine rings is 1. The Labute approximate surface area is 99.7 Å². The number of ether oxygens (including phenoxy) is 1. The van der Waals surface area contributed by atoms with Crippen molar-refractivity contribution in [2.75, 3.05) is 11.9 Å². The fraction of sp³-hybridized carbons (Fsp3) is 0.250. The van der Waals surface area contributed by atoms with E-state index in [1.807, 2.05) is 13.0 Å². The summed E-state index contributed by atoms with van der Waals surface area (Å²) in [6.07, 6.45) is 2.93. The van der Waals surface area contributed by atoms with E-state index in [1.165, 1.54) is 6.20 Å². The third kappa shape index (κ3) is 3.95. The molecular formula is C12H13N3O2. The molecule has 0 unspecified atom stereocenters. The highest BCUT2D eigenvalue weighted by Crippen LogP contribution is 2.06. The summed E-state index contributed by atoms with van der Waals surface area (Å²) in [5.74, 6) is -0.637. The van der Waals surface area contributed by atoms with Crippen molar-refractivity contribution in [1.82, 2.24) is 4.98 Å². The molecule has 1 aromatic heterocycles. The van der Waals surface area contributed by atoms with Gasteiger partial charge in [0, 0.05) is 11.9 Å². The first-order chi connectivity index (χ1) is 8.17. The molecule has 0 atom stereocenters. The Morgan fingerprint density at radius 2 is 2.41 bits per heavy atom. The molecule has 0 aliphatic heterocycles. The second-order valence-electron chi connectivity index (χ2n) is 3.22. The third-order valence-corrected chi connectivity index (χ3v) is 1.91. The van der Waals surface area contributed by atoms with Crippen molar-refractivity contribution in [3.8, 4) is 6.07 Å². The normalized spacial score (nSPS) is 10.5. The standard InChI is InChI=1S/C12H13N3O2/c1-3-17-12(16)10(6-13)7-15-11-5-4-9(2)14-8-11/h4-5,7-8,15H,3H2,1-2H3. The van der Waals surface area contributed by atoms with Crippen LogP contribution < -0.4 is 5.32 Å². The van der Waals surface area contributed by atoms with Crippen LogP contribution in [0.2, 0.25) is 0 Å². The number of carbonyl (C=O) groups excluding carboxylic acids is 1. The topological polar surface area (TPSA) is 75.0 Å². The van der Waals surface area contributed by atoms with Crippen LogP contribution in [0.4, 0.5) is 5.69 Å². The summed E-state index contributed by atoms with van der Waals surface area (Å²) in [6.45, 7) is 3.80. The lowest BCUT2D eigenvalue weighted by Gasteiger charge is -2.02. The monoisotopic (exact) mass is 231 g/mol. The largest absolute Gasteiger partial charge is 0.462 e. The molecule has 1 aromatic rings. The number of anilines is 1. The Morgan fingerprint density at radius 3 is 2.94 bits per heavy atom. The van der Waals surface area contributed by atoms with Gasteiger partial charge in [0.1, 0.15) is 6.07 Å². The zero-order valence-corrected chi connectivity index (χ0v) is 9.73. The Balaban J connectivity index is 2.71. The van der Waals surface area contributed by atoms with Crippen LogP contribution in [0.5, 0.6) is 0 Å². The van der Waals surface area contributed by atoms with E-state index in [0.717, 1.165) is 5.69 Å². The summed E-state index contributed by atoms with van der Waals surface area (Å²) in [5.41, 5.74) is 1.52. The van der Waals surface area contributed by atoms with Crippen LogP contribution in [0.25, 0.3) is 0 Å². The number of rotatable bonds is 4. The van der Waals surface area contributed by atoms with Crippen molar-refractivity contribution < 1.29 is 9.53 Å². The van der Waals surface area contributed by atoms with Gasteiger partial charge in [0.05, 0.1) is 18.5 Å². The highest BCUT2D eigenvalue weighted by molar-refractivity contribution is 5.93. The zero-order valence-electron chi connectivity index (χ0n) is 9.73. The first-order valence-corrected chi connectivity index (χ1v) is 5.14. The molecule has 0 aliphatic carbocycles. The number of nitrogens with zero attached hydrogens (tertiary/aromatic N) is 2. The quantitative estimate of drug-likeness (QED) is 0.485. The van der Waals surface area contributed by atoms with Gasteiger partial charge in [-0.2, -0.15) is 5.26 Å². The molecule has 0 saturated carbocycles. The van der Waals surface area contributed by atoms with E-state index in [-0.39, 0.29) is 12.2 Å². The van der Waals surface area contributed by atoms with E-state index in [2.05, 4.69) is 10.3 Å². The van der Waals surface area contributed by atoms with E-state index in [9.17, 15) is 4.79 Å². The van der Waals surface area contributed by atoms with Crippen LogP contribution >= 0.6 is 0 Å². The van der Waals surface area contributed by atoms with Gasteiger partial charge >= 0.3 is 5.97 Å². The minimum Gasteiger partial charge on any atom is -0.462 e.